The van der Waals surface area contributed by atoms with Crippen molar-refractivity contribution in [2.75, 3.05) is 7.11 Å². The van der Waals surface area contributed by atoms with Crippen molar-refractivity contribution in [1.29, 1.82) is 0 Å². The zero-order valence-electron chi connectivity index (χ0n) is 7.82. The fourth-order valence-corrected chi connectivity index (χ4v) is 2.31. The average Bonchev–Trinajstić information content (AvgIpc) is 2.19. The predicted molar refractivity (Wildman–Crippen MR) is 49.3 cm³/mol. The molecule has 2 bridgehead atoms. The molecule has 1 fully saturated rings. The van der Waals surface area contributed by atoms with E-state index in [4.69, 9.17) is 0 Å². The third-order valence-corrected chi connectivity index (χ3v) is 3.06. The summed E-state index contributed by atoms with van der Waals surface area (Å²) in [4.78, 5) is 11.0. The molecule has 0 aromatic heterocycles. The number of carbonyl (C=O) groups is 1. The quantitative estimate of drug-likeness (QED) is 0.625. The third kappa shape index (κ3) is 1.69. The summed E-state index contributed by atoms with van der Waals surface area (Å²) >= 11 is 0. The number of ether oxygens (including phenoxy) is 1. The Balaban J connectivity index is 1.95. The van der Waals surface area contributed by atoms with Gasteiger partial charge in [0, 0.05) is 6.04 Å². The molecule has 3 aliphatic rings. The molecule has 3 atom stereocenters. The number of nitrogens with one attached hydrogen (secondary N) is 1. The second-order valence-corrected chi connectivity index (χ2v) is 3.86. The maximum Gasteiger partial charge on any atom is 0.407 e. The van der Waals surface area contributed by atoms with Gasteiger partial charge in [-0.2, -0.15) is 0 Å². The molecule has 0 aliphatic heterocycles. The summed E-state index contributed by atoms with van der Waals surface area (Å²) in [7, 11) is 1.41. The highest BCUT2D eigenvalue weighted by Gasteiger charge is 2.32. The molecular formula is C10H15NO2. The Morgan fingerprint density at radius 2 is 2.31 bits per heavy atom. The predicted octanol–water partition coefficient (Wildman–Crippen LogP) is 1.70. The smallest absolute Gasteiger partial charge is 0.407 e. The molecule has 3 rings (SSSR count). The number of hydrogen-bond donors (Lipinski definition) is 1. The van der Waals surface area contributed by atoms with Gasteiger partial charge in [0.25, 0.3) is 0 Å². The van der Waals surface area contributed by atoms with Crippen molar-refractivity contribution in [1.82, 2.24) is 5.32 Å². The van der Waals surface area contributed by atoms with Gasteiger partial charge in [-0.25, -0.2) is 4.79 Å². The van der Waals surface area contributed by atoms with Gasteiger partial charge in [-0.1, -0.05) is 12.2 Å². The van der Waals surface area contributed by atoms with Crippen LogP contribution in [0.5, 0.6) is 0 Å². The van der Waals surface area contributed by atoms with E-state index in [0.29, 0.717) is 17.9 Å². The Bertz CT molecular complexity index is 237. The molecule has 0 aromatic rings. The van der Waals surface area contributed by atoms with Crippen molar-refractivity contribution < 1.29 is 9.53 Å². The van der Waals surface area contributed by atoms with Gasteiger partial charge in [-0.3, -0.25) is 0 Å². The second kappa shape index (κ2) is 3.40. The van der Waals surface area contributed by atoms with E-state index in [0.717, 1.165) is 6.42 Å². The number of alkyl carbamates (subject to hydrolysis) is 1. The fraction of sp³-hybridized carbons (Fsp3) is 0.700. The first-order valence-electron chi connectivity index (χ1n) is 4.82. The van der Waals surface area contributed by atoms with E-state index in [1.165, 1.54) is 20.0 Å². The SMILES string of the molecule is COC(=O)NC1CC2C=CC1CC2. The molecular weight excluding hydrogens is 166 g/mol. The highest BCUT2D eigenvalue weighted by molar-refractivity contribution is 5.67. The van der Waals surface area contributed by atoms with Crippen molar-refractivity contribution >= 4 is 6.09 Å². The number of hydrogen-bond acceptors (Lipinski definition) is 2. The lowest BCUT2D eigenvalue weighted by atomic mass is 9.73. The summed E-state index contributed by atoms with van der Waals surface area (Å²) in [6.07, 6.45) is 7.78. The Kier molecular flexibility index (Phi) is 2.25. The standard InChI is InChI=1S/C10H15NO2/c1-13-10(12)11-9-6-7-2-4-8(9)5-3-7/h2,4,7-9H,3,5-6H2,1H3,(H,11,12). The van der Waals surface area contributed by atoms with Crippen LogP contribution in [-0.2, 0) is 4.74 Å². The normalized spacial score (nSPS) is 35.9. The van der Waals surface area contributed by atoms with Crippen molar-refractivity contribution in [3.8, 4) is 0 Å². The van der Waals surface area contributed by atoms with Gasteiger partial charge in [0.05, 0.1) is 7.11 Å². The van der Waals surface area contributed by atoms with Gasteiger partial charge in [0.1, 0.15) is 0 Å². The lowest BCUT2D eigenvalue weighted by molar-refractivity contribution is 0.153. The molecule has 1 N–H and O–H groups in total. The minimum absolute atomic E-state index is 0.300. The number of allylic oxidation sites excluding steroid dienone is 1. The summed E-state index contributed by atoms with van der Waals surface area (Å²) in [5.41, 5.74) is 0. The monoisotopic (exact) mass is 181 g/mol. The summed E-state index contributed by atoms with van der Waals surface area (Å²) in [6, 6.07) is 0.302. The Morgan fingerprint density at radius 3 is 2.77 bits per heavy atom. The Labute approximate surface area is 78.1 Å². The molecule has 3 unspecified atom stereocenters. The molecule has 3 nitrogen and oxygen atoms in total. The summed E-state index contributed by atoms with van der Waals surface area (Å²) in [6.45, 7) is 0. The van der Waals surface area contributed by atoms with Crippen LogP contribution in [0.25, 0.3) is 0 Å². The van der Waals surface area contributed by atoms with Crippen molar-refractivity contribution in [2.24, 2.45) is 11.8 Å². The zero-order valence-corrected chi connectivity index (χ0v) is 7.82. The average molecular weight is 181 g/mol. The number of carbonyl (C=O) groups excluding carboxylic acids is 1. The highest BCUT2D eigenvalue weighted by atomic mass is 16.5. The number of rotatable bonds is 1. The maximum absolute atomic E-state index is 11.0. The number of fused-ring (bicyclic) bond motifs is 2. The van der Waals surface area contributed by atoms with E-state index in [2.05, 4.69) is 22.2 Å². The topological polar surface area (TPSA) is 38.3 Å². The molecule has 3 heteroatoms. The van der Waals surface area contributed by atoms with Crippen LogP contribution < -0.4 is 5.32 Å². The van der Waals surface area contributed by atoms with Gasteiger partial charge in [-0.05, 0) is 31.1 Å². The summed E-state index contributed by atoms with van der Waals surface area (Å²) in [5.74, 6) is 1.20. The van der Waals surface area contributed by atoms with Crippen molar-refractivity contribution in [3.05, 3.63) is 12.2 Å². The molecule has 3 aliphatic carbocycles. The van der Waals surface area contributed by atoms with Crippen LogP contribution in [0.1, 0.15) is 19.3 Å². The van der Waals surface area contributed by atoms with E-state index in [1.807, 2.05) is 0 Å². The van der Waals surface area contributed by atoms with Crippen LogP contribution in [0, 0.1) is 11.8 Å². The van der Waals surface area contributed by atoms with E-state index in [1.54, 1.807) is 0 Å². The van der Waals surface area contributed by atoms with Crippen LogP contribution in [0.4, 0.5) is 4.79 Å². The van der Waals surface area contributed by atoms with Crippen LogP contribution in [-0.4, -0.2) is 19.2 Å². The summed E-state index contributed by atoms with van der Waals surface area (Å²) < 4.78 is 4.59. The molecule has 0 aromatic carbocycles. The Hall–Kier alpha value is -0.990. The molecule has 1 saturated carbocycles. The number of amides is 1. The van der Waals surface area contributed by atoms with Gasteiger partial charge in [0.15, 0.2) is 0 Å². The van der Waals surface area contributed by atoms with Crippen LogP contribution in [0.3, 0.4) is 0 Å². The van der Waals surface area contributed by atoms with Crippen LogP contribution >= 0.6 is 0 Å². The maximum atomic E-state index is 11.0. The molecule has 1 amide bonds. The molecule has 0 heterocycles. The van der Waals surface area contributed by atoms with Crippen molar-refractivity contribution in [2.45, 2.75) is 25.3 Å². The number of methoxy groups -OCH3 is 1. The molecule has 0 radical (unpaired) electrons. The third-order valence-electron chi connectivity index (χ3n) is 3.06. The first kappa shape index (κ1) is 8.60. The minimum atomic E-state index is -0.300. The van der Waals surface area contributed by atoms with Crippen LogP contribution in [0.2, 0.25) is 0 Å². The molecule has 0 saturated heterocycles. The fourth-order valence-electron chi connectivity index (χ4n) is 2.31. The van der Waals surface area contributed by atoms with Gasteiger partial charge in [-0.15, -0.1) is 0 Å². The Morgan fingerprint density at radius 1 is 1.46 bits per heavy atom. The first-order valence-corrected chi connectivity index (χ1v) is 4.82. The lowest BCUT2D eigenvalue weighted by Gasteiger charge is -2.37. The largest absolute Gasteiger partial charge is 0.453 e. The van der Waals surface area contributed by atoms with Gasteiger partial charge in [0.2, 0.25) is 0 Å². The molecule has 72 valence electrons. The lowest BCUT2D eigenvalue weighted by Crippen LogP contribution is -2.45. The summed E-state index contributed by atoms with van der Waals surface area (Å²) in [5, 5.41) is 2.89. The van der Waals surface area contributed by atoms with E-state index in [9.17, 15) is 4.79 Å². The minimum Gasteiger partial charge on any atom is -0.453 e. The zero-order chi connectivity index (χ0) is 9.26. The van der Waals surface area contributed by atoms with Crippen LogP contribution in [0.15, 0.2) is 12.2 Å². The molecule has 0 spiro atoms. The van der Waals surface area contributed by atoms with Crippen molar-refractivity contribution in [3.63, 3.8) is 0 Å². The van der Waals surface area contributed by atoms with Gasteiger partial charge >= 0.3 is 6.09 Å². The first-order chi connectivity index (χ1) is 6.29. The highest BCUT2D eigenvalue weighted by Crippen LogP contribution is 2.36. The van der Waals surface area contributed by atoms with Gasteiger partial charge < -0.3 is 10.1 Å². The molecule has 13 heavy (non-hydrogen) atoms. The van der Waals surface area contributed by atoms with E-state index < -0.39 is 0 Å². The van der Waals surface area contributed by atoms with E-state index >= 15 is 0 Å². The second-order valence-electron chi connectivity index (χ2n) is 3.86. The van der Waals surface area contributed by atoms with E-state index in [-0.39, 0.29) is 6.09 Å².